The molecule has 1 aliphatic rings. The van der Waals surface area contributed by atoms with E-state index in [-0.39, 0.29) is 34.8 Å². The number of hydrogen-bond donors (Lipinski definition) is 2. The highest BCUT2D eigenvalue weighted by molar-refractivity contribution is 7.93. The first-order chi connectivity index (χ1) is 11.2. The molecular weight excluding hydrogens is 390 g/mol. The van der Waals surface area contributed by atoms with Crippen molar-refractivity contribution in [3.8, 4) is 5.75 Å². The van der Waals surface area contributed by atoms with Crippen LogP contribution >= 0.6 is 12.4 Å². The molecule has 0 amide bonds. The highest BCUT2D eigenvalue weighted by Gasteiger charge is 2.31. The Bertz CT molecular complexity index is 799. The molecule has 0 radical (unpaired) electrons. The van der Waals surface area contributed by atoms with E-state index in [1.54, 1.807) is 0 Å². The van der Waals surface area contributed by atoms with Crippen molar-refractivity contribution in [1.82, 2.24) is 9.62 Å². The van der Waals surface area contributed by atoms with Gasteiger partial charge in [-0.2, -0.15) is 4.31 Å². The molecule has 2 N–H and O–H groups in total. The average molecular weight is 414 g/mol. The first-order valence-corrected chi connectivity index (χ1v) is 10.7. The lowest BCUT2D eigenvalue weighted by Crippen LogP contribution is -2.51. The molecule has 1 aromatic carbocycles. The predicted octanol–water partition coefficient (Wildman–Crippen LogP) is 0.861. The number of rotatable bonds is 6. The van der Waals surface area contributed by atoms with E-state index < -0.39 is 20.0 Å². The van der Waals surface area contributed by atoms with Gasteiger partial charge in [0.2, 0.25) is 20.0 Å². The van der Waals surface area contributed by atoms with Crippen molar-refractivity contribution in [1.29, 1.82) is 0 Å². The van der Waals surface area contributed by atoms with Crippen molar-refractivity contribution >= 4 is 38.1 Å². The quantitative estimate of drug-likeness (QED) is 0.716. The number of methoxy groups -OCH3 is 1. The third kappa shape index (κ3) is 5.20. The Morgan fingerprint density at radius 1 is 1.32 bits per heavy atom. The summed E-state index contributed by atoms with van der Waals surface area (Å²) >= 11 is 0. The SMILES string of the molecule is CCS(=O)(=O)Nc1cc(OC)ccc1S(=O)(=O)N1CCNC(C)C1.Cl. The van der Waals surface area contributed by atoms with E-state index >= 15 is 0 Å². The van der Waals surface area contributed by atoms with Crippen LogP contribution < -0.4 is 14.8 Å². The molecule has 1 aromatic rings. The topological polar surface area (TPSA) is 105 Å². The lowest BCUT2D eigenvalue weighted by atomic mass is 10.3. The molecule has 1 unspecified atom stereocenters. The van der Waals surface area contributed by atoms with Gasteiger partial charge in [-0.25, -0.2) is 16.8 Å². The van der Waals surface area contributed by atoms with E-state index in [4.69, 9.17) is 4.74 Å². The van der Waals surface area contributed by atoms with Crippen LogP contribution in [0.5, 0.6) is 5.75 Å². The number of benzene rings is 1. The van der Waals surface area contributed by atoms with Crippen LogP contribution in [0.3, 0.4) is 0 Å². The molecule has 25 heavy (non-hydrogen) atoms. The van der Waals surface area contributed by atoms with Crippen LogP contribution in [0.2, 0.25) is 0 Å². The van der Waals surface area contributed by atoms with E-state index in [1.165, 1.54) is 36.5 Å². The van der Waals surface area contributed by atoms with Gasteiger partial charge in [-0.3, -0.25) is 4.72 Å². The molecular formula is C14H24ClN3O5S2. The summed E-state index contributed by atoms with van der Waals surface area (Å²) in [6, 6.07) is 4.28. The molecule has 1 atom stereocenters. The standard InChI is InChI=1S/C14H23N3O5S2.ClH/c1-4-23(18,19)16-13-9-12(22-3)5-6-14(13)24(20,21)17-8-7-15-11(2)10-17;/h5-6,9,11,15-16H,4,7-8,10H2,1-3H3;1H. The molecule has 0 aliphatic carbocycles. The molecule has 144 valence electrons. The van der Waals surface area contributed by atoms with E-state index in [1.807, 2.05) is 6.92 Å². The maximum atomic E-state index is 12.9. The molecule has 1 saturated heterocycles. The summed E-state index contributed by atoms with van der Waals surface area (Å²) in [4.78, 5) is -0.0746. The van der Waals surface area contributed by atoms with E-state index in [2.05, 4.69) is 10.0 Å². The average Bonchev–Trinajstić information content (AvgIpc) is 2.54. The van der Waals surface area contributed by atoms with Crippen molar-refractivity contribution in [3.05, 3.63) is 18.2 Å². The van der Waals surface area contributed by atoms with Crippen molar-refractivity contribution in [2.45, 2.75) is 24.8 Å². The van der Waals surface area contributed by atoms with Crippen molar-refractivity contribution in [2.24, 2.45) is 0 Å². The maximum absolute atomic E-state index is 12.9. The molecule has 0 spiro atoms. The Morgan fingerprint density at radius 3 is 2.56 bits per heavy atom. The zero-order chi connectivity index (χ0) is 18.0. The van der Waals surface area contributed by atoms with Gasteiger partial charge in [0.15, 0.2) is 0 Å². The smallest absolute Gasteiger partial charge is 0.245 e. The summed E-state index contributed by atoms with van der Waals surface area (Å²) in [5, 5.41) is 3.18. The van der Waals surface area contributed by atoms with Crippen LogP contribution in [0.1, 0.15) is 13.8 Å². The van der Waals surface area contributed by atoms with Gasteiger partial charge in [0.25, 0.3) is 0 Å². The van der Waals surface area contributed by atoms with Crippen molar-refractivity contribution in [3.63, 3.8) is 0 Å². The maximum Gasteiger partial charge on any atom is 0.245 e. The second kappa shape index (κ2) is 8.54. The fourth-order valence-corrected chi connectivity index (χ4v) is 4.81. The number of ether oxygens (including phenoxy) is 1. The summed E-state index contributed by atoms with van der Waals surface area (Å²) in [5.74, 6) is 0.213. The third-order valence-corrected chi connectivity index (χ3v) is 7.00. The molecule has 11 heteroatoms. The third-order valence-electron chi connectivity index (χ3n) is 3.78. The monoisotopic (exact) mass is 413 g/mol. The highest BCUT2D eigenvalue weighted by Crippen LogP contribution is 2.30. The molecule has 2 rings (SSSR count). The van der Waals surface area contributed by atoms with Gasteiger partial charge in [-0.05, 0) is 26.0 Å². The first-order valence-electron chi connectivity index (χ1n) is 7.61. The molecule has 1 aliphatic heterocycles. The van der Waals surface area contributed by atoms with Crippen molar-refractivity contribution < 1.29 is 21.6 Å². The van der Waals surface area contributed by atoms with E-state index in [0.29, 0.717) is 25.4 Å². The van der Waals surface area contributed by atoms with Crippen LogP contribution in [0.15, 0.2) is 23.1 Å². The summed E-state index contributed by atoms with van der Waals surface area (Å²) < 4.78 is 58.5. The normalized spacial score (nSPS) is 19.1. The molecule has 0 saturated carbocycles. The summed E-state index contributed by atoms with van der Waals surface area (Å²) in [6.07, 6.45) is 0. The fourth-order valence-electron chi connectivity index (χ4n) is 2.43. The highest BCUT2D eigenvalue weighted by atomic mass is 35.5. The number of halogens is 1. The molecule has 8 nitrogen and oxygen atoms in total. The van der Waals surface area contributed by atoms with Gasteiger partial charge in [-0.15, -0.1) is 12.4 Å². The molecule has 0 bridgehead atoms. The zero-order valence-corrected chi connectivity index (χ0v) is 16.8. The Morgan fingerprint density at radius 2 is 2.00 bits per heavy atom. The van der Waals surface area contributed by atoms with E-state index in [9.17, 15) is 16.8 Å². The van der Waals surface area contributed by atoms with Gasteiger partial charge >= 0.3 is 0 Å². The van der Waals surface area contributed by atoms with Crippen LogP contribution in [-0.4, -0.2) is 59.7 Å². The fraction of sp³-hybridized carbons (Fsp3) is 0.571. The summed E-state index contributed by atoms with van der Waals surface area (Å²) in [7, 11) is -6.01. The zero-order valence-electron chi connectivity index (χ0n) is 14.4. The number of sulfonamides is 2. The number of hydrogen-bond acceptors (Lipinski definition) is 6. The largest absolute Gasteiger partial charge is 0.497 e. The van der Waals surface area contributed by atoms with E-state index in [0.717, 1.165) is 0 Å². The van der Waals surface area contributed by atoms with Crippen LogP contribution in [0, 0.1) is 0 Å². The number of nitrogens with zero attached hydrogens (tertiary/aromatic N) is 1. The predicted molar refractivity (Wildman–Crippen MR) is 99.5 cm³/mol. The molecule has 1 heterocycles. The second-order valence-corrected chi connectivity index (χ2v) is 9.50. The molecule has 1 fully saturated rings. The lowest BCUT2D eigenvalue weighted by Gasteiger charge is -2.31. The first kappa shape index (κ1) is 22.0. The van der Waals surface area contributed by atoms with Crippen molar-refractivity contribution in [2.75, 3.05) is 37.2 Å². The van der Waals surface area contributed by atoms with Crippen LogP contribution in [-0.2, 0) is 20.0 Å². The number of nitrogens with one attached hydrogen (secondary N) is 2. The van der Waals surface area contributed by atoms with Gasteiger partial charge < -0.3 is 10.1 Å². The Kier molecular flexibility index (Phi) is 7.51. The van der Waals surface area contributed by atoms with Crippen LogP contribution in [0.25, 0.3) is 0 Å². The summed E-state index contributed by atoms with van der Waals surface area (Å²) in [6.45, 7) is 4.59. The van der Waals surface area contributed by atoms with Gasteiger partial charge in [0.1, 0.15) is 10.6 Å². The van der Waals surface area contributed by atoms with Crippen LogP contribution in [0.4, 0.5) is 5.69 Å². The minimum absolute atomic E-state index is 0. The number of piperazine rings is 1. The minimum Gasteiger partial charge on any atom is -0.497 e. The lowest BCUT2D eigenvalue weighted by molar-refractivity contribution is 0.310. The van der Waals surface area contributed by atoms with Gasteiger partial charge in [0.05, 0.1) is 18.6 Å². The van der Waals surface area contributed by atoms with Gasteiger partial charge in [0, 0.05) is 31.7 Å². The summed E-state index contributed by atoms with van der Waals surface area (Å²) in [5.41, 5.74) is 0.00221. The molecule has 0 aromatic heterocycles. The second-order valence-electron chi connectivity index (χ2n) is 5.59. The minimum atomic E-state index is -3.82. The Labute approximate surface area is 155 Å². The Hall–Kier alpha value is -1.07. The number of anilines is 1. The van der Waals surface area contributed by atoms with Gasteiger partial charge in [-0.1, -0.05) is 0 Å². The Balaban J connectivity index is 0.00000312.